The van der Waals surface area contributed by atoms with Gasteiger partial charge in [-0.1, -0.05) is 302 Å². The molecule has 114 heavy (non-hydrogen) atoms. The summed E-state index contributed by atoms with van der Waals surface area (Å²) in [6.45, 7) is 4.18. The van der Waals surface area contributed by atoms with Crippen LogP contribution >= 0.6 is 15.6 Å². The van der Waals surface area contributed by atoms with E-state index in [0.717, 1.165) is 141 Å². The summed E-state index contributed by atoms with van der Waals surface area (Å²) < 4.78 is 68.5. The number of aliphatic hydroxyl groups excluding tert-OH is 1. The van der Waals surface area contributed by atoms with E-state index in [0.29, 0.717) is 44.9 Å². The van der Waals surface area contributed by atoms with Crippen molar-refractivity contribution in [2.75, 3.05) is 39.6 Å². The summed E-state index contributed by atoms with van der Waals surface area (Å²) in [5.41, 5.74) is 0. The molecule has 0 fully saturated rings. The number of carbonyl (C=O) groups excluding carboxylic acids is 4. The minimum atomic E-state index is -5.04. The predicted octanol–water partition coefficient (Wildman–Crippen LogP) is 25.3. The second-order valence-electron chi connectivity index (χ2n) is 26.6. The van der Waals surface area contributed by atoms with Gasteiger partial charge in [0.25, 0.3) is 0 Å². The molecule has 19 heteroatoms. The molecule has 0 aromatic rings. The monoisotopic (exact) mass is 1620 g/mol. The Morgan fingerprint density at radius 1 is 0.254 bits per heavy atom. The van der Waals surface area contributed by atoms with Crippen LogP contribution in [0.3, 0.4) is 0 Å². The predicted molar refractivity (Wildman–Crippen MR) is 472 cm³/mol. The summed E-state index contributed by atoms with van der Waals surface area (Å²) in [4.78, 5) is 73.2. The maximum Gasteiger partial charge on any atom is 0.472 e. The molecule has 0 amide bonds. The largest absolute Gasteiger partial charge is 0.472 e. The van der Waals surface area contributed by atoms with Crippen molar-refractivity contribution in [2.24, 2.45) is 0 Å². The molecule has 0 saturated carbocycles. The zero-order valence-corrected chi connectivity index (χ0v) is 71.4. The molecule has 0 spiro atoms. The third-order valence-corrected chi connectivity index (χ3v) is 17.9. The van der Waals surface area contributed by atoms with E-state index >= 15 is 0 Å². The summed E-state index contributed by atoms with van der Waals surface area (Å²) in [6, 6.07) is 0. The van der Waals surface area contributed by atoms with Crippen LogP contribution in [0.2, 0.25) is 0 Å². The molecule has 0 heterocycles. The molecule has 3 N–H and O–H groups in total. The van der Waals surface area contributed by atoms with Crippen molar-refractivity contribution in [3.8, 4) is 0 Å². The van der Waals surface area contributed by atoms with Crippen molar-refractivity contribution >= 4 is 39.5 Å². The van der Waals surface area contributed by atoms with Gasteiger partial charge in [0.15, 0.2) is 12.2 Å². The van der Waals surface area contributed by atoms with Gasteiger partial charge in [0.2, 0.25) is 0 Å². The number of allylic oxidation sites excluding steroid dienone is 42. The van der Waals surface area contributed by atoms with E-state index in [1.807, 2.05) is 48.6 Å². The Hall–Kier alpha value is -7.40. The summed E-state index contributed by atoms with van der Waals surface area (Å²) in [5.74, 6) is -2.51. The molecular formula is C95H144O17P2. The summed E-state index contributed by atoms with van der Waals surface area (Å²) in [6.07, 6.45) is 111. The zero-order chi connectivity index (χ0) is 83.1. The average molecular weight is 1620 g/mol. The van der Waals surface area contributed by atoms with E-state index in [4.69, 9.17) is 37.0 Å². The Kier molecular flexibility index (Phi) is 78.1. The van der Waals surface area contributed by atoms with Crippen molar-refractivity contribution in [2.45, 2.75) is 277 Å². The van der Waals surface area contributed by atoms with Gasteiger partial charge in [-0.05, 0) is 186 Å². The van der Waals surface area contributed by atoms with Crippen LogP contribution in [-0.4, -0.2) is 96.7 Å². The lowest BCUT2D eigenvalue weighted by Gasteiger charge is -2.21. The molecule has 0 rings (SSSR count). The number of esters is 4. The fourth-order valence-corrected chi connectivity index (χ4v) is 11.3. The molecule has 0 saturated heterocycles. The number of carbonyl (C=O) groups is 4. The van der Waals surface area contributed by atoms with Gasteiger partial charge in [-0.25, -0.2) is 9.13 Å². The highest BCUT2D eigenvalue weighted by molar-refractivity contribution is 7.47. The minimum absolute atomic E-state index is 0.0105. The first-order chi connectivity index (χ1) is 55.7. The Balaban J connectivity index is 5.65. The van der Waals surface area contributed by atoms with Gasteiger partial charge in [-0.2, -0.15) is 0 Å². The number of phosphoric acid groups is 2. The molecule has 636 valence electrons. The molecule has 0 radical (unpaired) electrons. The highest BCUT2D eigenvalue weighted by Gasteiger charge is 2.30. The van der Waals surface area contributed by atoms with Gasteiger partial charge in [0, 0.05) is 25.7 Å². The number of hydrogen-bond acceptors (Lipinski definition) is 15. The van der Waals surface area contributed by atoms with Gasteiger partial charge < -0.3 is 33.8 Å². The Morgan fingerprint density at radius 2 is 0.482 bits per heavy atom. The summed E-state index contributed by atoms with van der Waals surface area (Å²) in [5, 5.41) is 10.7. The van der Waals surface area contributed by atoms with Crippen LogP contribution < -0.4 is 0 Å². The Labute approximate surface area is 688 Å². The number of rotatable bonds is 75. The van der Waals surface area contributed by atoms with Crippen molar-refractivity contribution in [1.29, 1.82) is 0 Å². The highest BCUT2D eigenvalue weighted by Crippen LogP contribution is 2.45. The van der Waals surface area contributed by atoms with Crippen LogP contribution in [0, 0.1) is 0 Å². The van der Waals surface area contributed by atoms with Crippen molar-refractivity contribution in [3.63, 3.8) is 0 Å². The van der Waals surface area contributed by atoms with Crippen LogP contribution in [0.1, 0.15) is 259 Å². The zero-order valence-electron chi connectivity index (χ0n) is 69.6. The van der Waals surface area contributed by atoms with Crippen LogP contribution in [0.25, 0.3) is 0 Å². The van der Waals surface area contributed by atoms with Crippen LogP contribution in [-0.2, 0) is 65.4 Å². The van der Waals surface area contributed by atoms with E-state index < -0.39 is 97.5 Å². The molecule has 0 aliphatic carbocycles. The molecule has 17 nitrogen and oxygen atoms in total. The lowest BCUT2D eigenvalue weighted by molar-refractivity contribution is -0.161. The molecule has 0 bridgehead atoms. The first kappa shape index (κ1) is 107. The standard InChI is InChI=1S/C95H144O17P2/c1-5-9-13-17-21-25-29-33-37-41-44-48-51-55-59-63-67-71-75-79-92(97)105-85-90(111-94(99)81-77-73-69-65-61-57-53-47-40-36-32-28-24-20-16-12-8-4)87-109-113(101,102)107-83-89(96)84-108-114(103,104)110-88-91(112-95(100)82-78-74-70-66-62-58-54-50-46-43-39-35-31-27-23-19-15-11-7-3)86-106-93(98)80-76-72-68-64-60-56-52-49-45-42-38-34-30-26-22-18-14-10-6-2/h9-11,13-15,21-28,33-40,44-46,48-50,53,55-60,62,65,67,69-71,74,89-91,96H,5-8,12,16-20,29-32,41-43,47,51-52,54,61,63-64,66,68,72-73,75-88H2,1-4H3,(H,101,102)(H,103,104)/b13-9-,14-10-,15-11-,25-21-,26-22-,27-23-,28-24-,37-33-,38-34-,39-35-,40-36-,48-44-,49-45-,50-46-,57-53-,59-55-,60-56-,62-58-,69-65-,71-67-,74-70-/t89-,90-,91-/m1/s1. The molecule has 5 atom stereocenters. The quantitative estimate of drug-likeness (QED) is 0.0169. The lowest BCUT2D eigenvalue weighted by atomic mass is 10.1. The van der Waals surface area contributed by atoms with Gasteiger partial charge >= 0.3 is 39.5 Å². The van der Waals surface area contributed by atoms with Crippen LogP contribution in [0.5, 0.6) is 0 Å². The summed E-state index contributed by atoms with van der Waals surface area (Å²) in [7, 11) is -10.1. The van der Waals surface area contributed by atoms with Crippen LogP contribution in [0.4, 0.5) is 0 Å². The fourth-order valence-electron chi connectivity index (χ4n) is 9.76. The van der Waals surface area contributed by atoms with Crippen molar-refractivity contribution < 1.29 is 80.2 Å². The van der Waals surface area contributed by atoms with E-state index in [-0.39, 0.29) is 25.7 Å². The van der Waals surface area contributed by atoms with Crippen molar-refractivity contribution in [3.05, 3.63) is 255 Å². The Bertz CT molecular complexity index is 3170. The second kappa shape index (κ2) is 83.5. The van der Waals surface area contributed by atoms with Crippen molar-refractivity contribution in [1.82, 2.24) is 0 Å². The number of aliphatic hydroxyl groups is 1. The van der Waals surface area contributed by atoms with E-state index in [1.54, 1.807) is 0 Å². The number of hydrogen-bond donors (Lipinski definition) is 3. The molecule has 0 aliphatic heterocycles. The van der Waals surface area contributed by atoms with Crippen LogP contribution in [0.15, 0.2) is 255 Å². The fraction of sp³-hybridized carbons (Fsp3) is 0.516. The number of ether oxygens (including phenoxy) is 4. The van der Waals surface area contributed by atoms with Gasteiger partial charge in [0.1, 0.15) is 19.3 Å². The summed E-state index contributed by atoms with van der Waals surface area (Å²) >= 11 is 0. The molecule has 0 aliphatic rings. The van der Waals surface area contributed by atoms with E-state index in [1.165, 1.54) is 19.3 Å². The molecule has 2 unspecified atom stereocenters. The maximum atomic E-state index is 13.1. The van der Waals surface area contributed by atoms with Gasteiger partial charge in [-0.3, -0.25) is 37.3 Å². The molecular weight excluding hydrogens is 1470 g/mol. The highest BCUT2D eigenvalue weighted by atomic mass is 31.2. The van der Waals surface area contributed by atoms with E-state index in [9.17, 15) is 43.2 Å². The average Bonchev–Trinajstić information content (AvgIpc) is 0.899. The number of phosphoric ester groups is 2. The lowest BCUT2D eigenvalue weighted by Crippen LogP contribution is -2.30. The SMILES string of the molecule is CC/C=C\C/C=C\C/C=C\C/C=C\C/C=C\C/C=C\CCC(=O)OC[C@H](COP(=O)(O)OC[C@@H](O)COP(=O)(O)OC[C@@H](COC(=O)CCCCC/C=C\C/C=C\C/C=C\C/C=C\C/C=C\CC)OC(=O)CC/C=C\C/C=C\C/C=C\C/C=C\C/C=C\C/C=C\CC)OC(=O)CCC/C=C\C/C=C\C/C=C\C/C=C\CCCCC. The number of unbranched alkanes of at least 4 members (excludes halogenated alkanes) is 7. The first-order valence-electron chi connectivity index (χ1n) is 41.9. The normalized spacial score (nSPS) is 15.0. The Morgan fingerprint density at radius 3 is 0.781 bits per heavy atom. The minimum Gasteiger partial charge on any atom is -0.462 e. The maximum absolute atomic E-state index is 13.1. The van der Waals surface area contributed by atoms with E-state index in [2.05, 4.69) is 234 Å². The molecule has 0 aromatic carbocycles. The third kappa shape index (κ3) is 82.6. The van der Waals surface area contributed by atoms with Gasteiger partial charge in [-0.15, -0.1) is 0 Å². The van der Waals surface area contributed by atoms with Gasteiger partial charge in [0.05, 0.1) is 26.4 Å². The smallest absolute Gasteiger partial charge is 0.462 e. The second-order valence-corrected chi connectivity index (χ2v) is 29.5. The third-order valence-electron chi connectivity index (χ3n) is 16.0. The molecule has 0 aromatic heterocycles. The first-order valence-corrected chi connectivity index (χ1v) is 44.9. The topological polar surface area (TPSA) is 237 Å².